The van der Waals surface area contributed by atoms with Crippen LogP contribution >= 0.6 is 0 Å². The highest BCUT2D eigenvalue weighted by molar-refractivity contribution is 5.76. The van der Waals surface area contributed by atoms with Crippen molar-refractivity contribution in [3.8, 4) is 5.75 Å². The summed E-state index contributed by atoms with van der Waals surface area (Å²) in [4.78, 5) is 13.3. The van der Waals surface area contributed by atoms with Crippen molar-refractivity contribution >= 4 is 5.91 Å². The second kappa shape index (κ2) is 7.71. The topological polar surface area (TPSA) is 55.6 Å². The van der Waals surface area contributed by atoms with Crippen LogP contribution < -0.4 is 10.5 Å². The van der Waals surface area contributed by atoms with Crippen molar-refractivity contribution in [2.45, 2.75) is 19.8 Å². The van der Waals surface area contributed by atoms with Crippen molar-refractivity contribution in [1.29, 1.82) is 0 Å². The fourth-order valence-corrected chi connectivity index (χ4v) is 1.65. The molecule has 1 amide bonds. The van der Waals surface area contributed by atoms with Gasteiger partial charge >= 0.3 is 0 Å². The first-order valence-electron chi connectivity index (χ1n) is 6.33. The first-order valence-corrected chi connectivity index (χ1v) is 6.33. The fourth-order valence-electron chi connectivity index (χ4n) is 1.65. The molecule has 0 aliphatic carbocycles. The van der Waals surface area contributed by atoms with Crippen LogP contribution in [0.15, 0.2) is 24.3 Å². The Morgan fingerprint density at radius 2 is 2.00 bits per heavy atom. The summed E-state index contributed by atoms with van der Waals surface area (Å²) in [7, 11) is 1.81. The largest absolute Gasteiger partial charge is 0.494 e. The summed E-state index contributed by atoms with van der Waals surface area (Å²) >= 11 is 0. The zero-order valence-electron chi connectivity index (χ0n) is 11.2. The lowest BCUT2D eigenvalue weighted by Gasteiger charge is -2.16. The van der Waals surface area contributed by atoms with Crippen molar-refractivity contribution in [3.63, 3.8) is 0 Å². The first kappa shape index (κ1) is 14.5. The number of hydrogen-bond donors (Lipinski definition) is 1. The summed E-state index contributed by atoms with van der Waals surface area (Å²) in [5.74, 6) is 0.984. The van der Waals surface area contributed by atoms with Gasteiger partial charge in [-0.3, -0.25) is 4.79 Å². The van der Waals surface area contributed by atoms with Crippen LogP contribution in [0, 0.1) is 0 Å². The third kappa shape index (κ3) is 4.75. The van der Waals surface area contributed by atoms with Gasteiger partial charge in [0.1, 0.15) is 5.75 Å². The number of hydrogen-bond acceptors (Lipinski definition) is 3. The van der Waals surface area contributed by atoms with Gasteiger partial charge in [0, 0.05) is 26.6 Å². The van der Waals surface area contributed by atoms with E-state index in [0.717, 1.165) is 12.2 Å². The Morgan fingerprint density at radius 3 is 2.56 bits per heavy atom. The maximum Gasteiger partial charge on any atom is 0.223 e. The molecule has 0 saturated carbocycles. The van der Waals surface area contributed by atoms with Gasteiger partial charge in [0.25, 0.3) is 0 Å². The highest BCUT2D eigenvalue weighted by atomic mass is 16.5. The van der Waals surface area contributed by atoms with Gasteiger partial charge in [0.15, 0.2) is 0 Å². The van der Waals surface area contributed by atoms with Crippen molar-refractivity contribution in [2.75, 3.05) is 26.7 Å². The van der Waals surface area contributed by atoms with Crippen LogP contribution in [0.2, 0.25) is 0 Å². The molecular formula is C14H22N2O2. The zero-order chi connectivity index (χ0) is 13.4. The van der Waals surface area contributed by atoms with Crippen molar-refractivity contribution < 1.29 is 9.53 Å². The first-order chi connectivity index (χ1) is 8.67. The normalized spacial score (nSPS) is 10.2. The van der Waals surface area contributed by atoms with E-state index in [0.29, 0.717) is 26.1 Å². The Bertz CT molecular complexity index is 363. The Hall–Kier alpha value is -1.55. The van der Waals surface area contributed by atoms with Crippen LogP contribution in [0.5, 0.6) is 5.75 Å². The smallest absolute Gasteiger partial charge is 0.223 e. The van der Waals surface area contributed by atoms with Crippen LogP contribution in [0.25, 0.3) is 0 Å². The lowest BCUT2D eigenvalue weighted by atomic mass is 10.1. The highest BCUT2D eigenvalue weighted by Gasteiger charge is 2.07. The van der Waals surface area contributed by atoms with Gasteiger partial charge in [0.05, 0.1) is 6.61 Å². The predicted octanol–water partition coefficient (Wildman–Crippen LogP) is 1.43. The van der Waals surface area contributed by atoms with Gasteiger partial charge in [0.2, 0.25) is 5.91 Å². The van der Waals surface area contributed by atoms with Gasteiger partial charge in [-0.1, -0.05) is 12.1 Å². The molecule has 4 heteroatoms. The predicted molar refractivity (Wildman–Crippen MR) is 72.6 cm³/mol. The highest BCUT2D eigenvalue weighted by Crippen LogP contribution is 2.12. The molecular weight excluding hydrogens is 228 g/mol. The maximum atomic E-state index is 11.5. The minimum Gasteiger partial charge on any atom is -0.494 e. The molecule has 0 aliphatic heterocycles. The summed E-state index contributed by atoms with van der Waals surface area (Å²) in [5.41, 5.74) is 6.56. The summed E-state index contributed by atoms with van der Waals surface area (Å²) in [5, 5.41) is 0. The summed E-state index contributed by atoms with van der Waals surface area (Å²) in [6.07, 6.45) is 1.26. The Balaban J connectivity index is 2.41. The van der Waals surface area contributed by atoms with E-state index in [2.05, 4.69) is 0 Å². The van der Waals surface area contributed by atoms with Gasteiger partial charge in [-0.05, 0) is 31.0 Å². The van der Waals surface area contributed by atoms with E-state index in [1.807, 2.05) is 38.2 Å². The Morgan fingerprint density at radius 1 is 1.33 bits per heavy atom. The van der Waals surface area contributed by atoms with E-state index in [-0.39, 0.29) is 5.91 Å². The van der Waals surface area contributed by atoms with E-state index in [9.17, 15) is 4.79 Å². The van der Waals surface area contributed by atoms with Crippen LogP contribution in [-0.2, 0) is 11.2 Å². The quantitative estimate of drug-likeness (QED) is 0.796. The van der Waals surface area contributed by atoms with Crippen LogP contribution in [-0.4, -0.2) is 37.6 Å². The van der Waals surface area contributed by atoms with Gasteiger partial charge in [-0.25, -0.2) is 0 Å². The molecule has 1 aromatic carbocycles. The third-order valence-corrected chi connectivity index (χ3v) is 2.75. The second-order valence-corrected chi connectivity index (χ2v) is 4.18. The molecule has 0 unspecified atom stereocenters. The molecule has 0 aliphatic rings. The second-order valence-electron chi connectivity index (χ2n) is 4.18. The van der Waals surface area contributed by atoms with Crippen molar-refractivity contribution in [2.24, 2.45) is 5.73 Å². The van der Waals surface area contributed by atoms with E-state index in [1.54, 1.807) is 4.90 Å². The molecule has 2 N–H and O–H groups in total. The summed E-state index contributed by atoms with van der Waals surface area (Å²) in [6, 6.07) is 7.99. The monoisotopic (exact) mass is 250 g/mol. The molecule has 18 heavy (non-hydrogen) atoms. The molecule has 4 nitrogen and oxygen atoms in total. The van der Waals surface area contributed by atoms with Crippen LogP contribution in [0.4, 0.5) is 0 Å². The molecule has 0 fully saturated rings. The number of carbonyl (C=O) groups excluding carboxylic acids is 1. The fraction of sp³-hybridized carbons (Fsp3) is 0.500. The molecule has 0 heterocycles. The van der Waals surface area contributed by atoms with E-state index in [4.69, 9.17) is 10.5 Å². The lowest BCUT2D eigenvalue weighted by molar-refractivity contribution is -0.129. The van der Waals surface area contributed by atoms with Crippen LogP contribution in [0.1, 0.15) is 18.9 Å². The summed E-state index contributed by atoms with van der Waals surface area (Å²) in [6.45, 7) is 3.76. The summed E-state index contributed by atoms with van der Waals surface area (Å²) < 4.78 is 5.38. The average molecular weight is 250 g/mol. The van der Waals surface area contributed by atoms with Crippen LogP contribution in [0.3, 0.4) is 0 Å². The SMILES string of the molecule is CCOc1ccc(CCN(C)C(=O)CCN)cc1. The number of amides is 1. The molecule has 100 valence electrons. The van der Waals surface area contributed by atoms with Crippen molar-refractivity contribution in [3.05, 3.63) is 29.8 Å². The third-order valence-electron chi connectivity index (χ3n) is 2.75. The molecule has 0 bridgehead atoms. The average Bonchev–Trinajstić information content (AvgIpc) is 2.38. The number of rotatable bonds is 7. The van der Waals surface area contributed by atoms with E-state index in [1.165, 1.54) is 5.56 Å². The molecule has 0 radical (unpaired) electrons. The number of benzene rings is 1. The number of nitrogens with zero attached hydrogens (tertiary/aromatic N) is 1. The molecule has 0 aromatic heterocycles. The maximum absolute atomic E-state index is 11.5. The Kier molecular flexibility index (Phi) is 6.22. The number of ether oxygens (including phenoxy) is 1. The lowest BCUT2D eigenvalue weighted by Crippen LogP contribution is -2.30. The Labute approximate surface area is 109 Å². The molecule has 1 rings (SSSR count). The number of carbonyl (C=O) groups is 1. The zero-order valence-corrected chi connectivity index (χ0v) is 11.2. The van der Waals surface area contributed by atoms with Gasteiger partial charge < -0.3 is 15.4 Å². The molecule has 1 aromatic rings. The number of nitrogens with two attached hydrogens (primary N) is 1. The van der Waals surface area contributed by atoms with Crippen molar-refractivity contribution in [1.82, 2.24) is 4.90 Å². The minimum atomic E-state index is 0.100. The minimum absolute atomic E-state index is 0.100. The standard InChI is InChI=1S/C14H22N2O2/c1-3-18-13-6-4-12(5-7-13)9-11-16(2)14(17)8-10-15/h4-7H,3,8-11,15H2,1-2H3. The van der Waals surface area contributed by atoms with E-state index >= 15 is 0 Å². The van der Waals surface area contributed by atoms with Gasteiger partial charge in [-0.15, -0.1) is 0 Å². The molecule has 0 spiro atoms. The number of likely N-dealkylation sites (N-methyl/N-ethyl adjacent to an activating group) is 1. The molecule has 0 atom stereocenters. The van der Waals surface area contributed by atoms with Gasteiger partial charge in [-0.2, -0.15) is 0 Å². The van der Waals surface area contributed by atoms with E-state index < -0.39 is 0 Å². The molecule has 0 saturated heterocycles.